The highest BCUT2D eigenvalue weighted by Crippen LogP contribution is 2.29. The standard InChI is InChI=1S/C22H27FN4O2/c1-15-11-18(23)7-8-19(15)29-21-12-20(24-14-25-21)26-9-10-27(16(2)13-26)22(28)17-5-3-4-6-17/h7-8,11-12,14,16-17H,3-6,9-10,13H2,1-2H3/t16-/m0/s1. The Hall–Kier alpha value is -2.70. The molecule has 1 aromatic carbocycles. The molecule has 1 aliphatic carbocycles. The number of anilines is 1. The van der Waals surface area contributed by atoms with Crippen molar-refractivity contribution in [3.05, 3.63) is 42.0 Å². The molecule has 29 heavy (non-hydrogen) atoms. The van der Waals surface area contributed by atoms with Gasteiger partial charge in [-0.2, -0.15) is 0 Å². The number of halogens is 1. The number of carbonyl (C=O) groups is 1. The topological polar surface area (TPSA) is 58.6 Å². The van der Waals surface area contributed by atoms with Gasteiger partial charge in [-0.05, 0) is 50.5 Å². The van der Waals surface area contributed by atoms with E-state index in [9.17, 15) is 9.18 Å². The molecule has 0 unspecified atom stereocenters. The second-order valence-electron chi connectivity index (χ2n) is 8.03. The summed E-state index contributed by atoms with van der Waals surface area (Å²) in [5.41, 5.74) is 0.706. The summed E-state index contributed by atoms with van der Waals surface area (Å²) in [5, 5.41) is 0. The van der Waals surface area contributed by atoms with Crippen molar-refractivity contribution in [2.24, 2.45) is 5.92 Å². The van der Waals surface area contributed by atoms with E-state index in [1.807, 2.05) is 4.90 Å². The summed E-state index contributed by atoms with van der Waals surface area (Å²) >= 11 is 0. The first-order valence-electron chi connectivity index (χ1n) is 10.3. The van der Waals surface area contributed by atoms with Crippen LogP contribution in [0.2, 0.25) is 0 Å². The van der Waals surface area contributed by atoms with Crippen LogP contribution in [-0.2, 0) is 4.79 Å². The highest BCUT2D eigenvalue weighted by Gasteiger charge is 2.33. The fraction of sp³-hybridized carbons (Fsp3) is 0.500. The number of hydrogen-bond acceptors (Lipinski definition) is 5. The Kier molecular flexibility index (Phi) is 5.65. The lowest BCUT2D eigenvalue weighted by molar-refractivity contribution is -0.137. The minimum Gasteiger partial charge on any atom is -0.439 e. The van der Waals surface area contributed by atoms with Gasteiger partial charge in [-0.15, -0.1) is 0 Å². The van der Waals surface area contributed by atoms with Gasteiger partial charge >= 0.3 is 0 Å². The molecule has 2 aliphatic rings. The average molecular weight is 398 g/mol. The molecule has 0 bridgehead atoms. The summed E-state index contributed by atoms with van der Waals surface area (Å²) in [6, 6.07) is 6.33. The molecule has 0 radical (unpaired) electrons. The Morgan fingerprint density at radius 3 is 2.69 bits per heavy atom. The van der Waals surface area contributed by atoms with Crippen LogP contribution >= 0.6 is 0 Å². The maximum absolute atomic E-state index is 13.3. The largest absolute Gasteiger partial charge is 0.439 e. The fourth-order valence-corrected chi connectivity index (χ4v) is 4.30. The van der Waals surface area contributed by atoms with E-state index in [1.165, 1.54) is 31.3 Å². The lowest BCUT2D eigenvalue weighted by atomic mass is 10.0. The number of aryl methyl sites for hydroxylation is 1. The number of piperazine rings is 1. The third kappa shape index (κ3) is 4.33. The highest BCUT2D eigenvalue weighted by molar-refractivity contribution is 5.79. The van der Waals surface area contributed by atoms with E-state index in [-0.39, 0.29) is 17.8 Å². The molecule has 1 aromatic heterocycles. The molecule has 0 spiro atoms. The normalized spacial score (nSPS) is 20.2. The number of benzene rings is 1. The molecule has 1 amide bonds. The van der Waals surface area contributed by atoms with Crippen molar-refractivity contribution >= 4 is 11.7 Å². The number of ether oxygens (including phenoxy) is 1. The van der Waals surface area contributed by atoms with Crippen LogP contribution in [0.4, 0.5) is 10.2 Å². The number of carbonyl (C=O) groups excluding carboxylic acids is 1. The van der Waals surface area contributed by atoms with Crippen LogP contribution < -0.4 is 9.64 Å². The zero-order chi connectivity index (χ0) is 20.4. The van der Waals surface area contributed by atoms with E-state index in [1.54, 1.807) is 19.1 Å². The minimum atomic E-state index is -0.294. The van der Waals surface area contributed by atoms with Gasteiger partial charge in [0.15, 0.2) is 0 Å². The Morgan fingerprint density at radius 2 is 1.97 bits per heavy atom. The molecular weight excluding hydrogens is 371 g/mol. The fourth-order valence-electron chi connectivity index (χ4n) is 4.30. The predicted molar refractivity (Wildman–Crippen MR) is 109 cm³/mol. The number of rotatable bonds is 4. The van der Waals surface area contributed by atoms with Gasteiger partial charge in [0.2, 0.25) is 11.8 Å². The summed E-state index contributed by atoms with van der Waals surface area (Å²) in [7, 11) is 0. The number of nitrogens with zero attached hydrogens (tertiary/aromatic N) is 4. The lowest BCUT2D eigenvalue weighted by Gasteiger charge is -2.41. The maximum atomic E-state index is 13.3. The van der Waals surface area contributed by atoms with Crippen molar-refractivity contribution in [1.82, 2.24) is 14.9 Å². The van der Waals surface area contributed by atoms with Gasteiger partial charge in [0.1, 0.15) is 23.7 Å². The van der Waals surface area contributed by atoms with Gasteiger partial charge < -0.3 is 14.5 Å². The third-order valence-electron chi connectivity index (χ3n) is 5.92. The Labute approximate surface area is 170 Å². The molecule has 154 valence electrons. The molecule has 1 atom stereocenters. The molecule has 2 fully saturated rings. The molecule has 7 heteroatoms. The van der Waals surface area contributed by atoms with E-state index in [2.05, 4.69) is 21.8 Å². The van der Waals surface area contributed by atoms with E-state index in [4.69, 9.17) is 4.74 Å². The number of hydrogen-bond donors (Lipinski definition) is 0. The minimum absolute atomic E-state index is 0.135. The van der Waals surface area contributed by atoms with Gasteiger partial charge in [0.05, 0.1) is 0 Å². The summed E-state index contributed by atoms with van der Waals surface area (Å²) in [5.74, 6) is 1.99. The first-order valence-corrected chi connectivity index (χ1v) is 10.3. The second kappa shape index (κ2) is 8.35. The van der Waals surface area contributed by atoms with Crippen molar-refractivity contribution in [2.45, 2.75) is 45.6 Å². The van der Waals surface area contributed by atoms with Gasteiger partial charge in [0.25, 0.3) is 0 Å². The van der Waals surface area contributed by atoms with Crippen LogP contribution in [0.3, 0.4) is 0 Å². The van der Waals surface area contributed by atoms with E-state index >= 15 is 0 Å². The molecule has 1 saturated heterocycles. The molecule has 2 heterocycles. The van der Waals surface area contributed by atoms with Crippen LogP contribution in [0, 0.1) is 18.7 Å². The van der Waals surface area contributed by atoms with Gasteiger partial charge in [0, 0.05) is 37.7 Å². The molecule has 4 rings (SSSR count). The molecule has 0 N–H and O–H groups in total. The highest BCUT2D eigenvalue weighted by atomic mass is 19.1. The summed E-state index contributed by atoms with van der Waals surface area (Å²) in [6.45, 7) is 6.05. The van der Waals surface area contributed by atoms with Crippen LogP contribution in [-0.4, -0.2) is 46.5 Å². The van der Waals surface area contributed by atoms with Gasteiger partial charge in [-0.3, -0.25) is 4.79 Å². The van der Waals surface area contributed by atoms with Crippen LogP contribution in [0.15, 0.2) is 30.6 Å². The van der Waals surface area contributed by atoms with Crippen molar-refractivity contribution < 1.29 is 13.9 Å². The predicted octanol–water partition coefficient (Wildman–Crippen LogP) is 3.94. The van der Waals surface area contributed by atoms with E-state index in [0.717, 1.165) is 31.7 Å². The summed E-state index contributed by atoms with van der Waals surface area (Å²) in [6.07, 6.45) is 5.87. The Morgan fingerprint density at radius 1 is 1.17 bits per heavy atom. The maximum Gasteiger partial charge on any atom is 0.226 e. The van der Waals surface area contributed by atoms with Crippen LogP contribution in [0.25, 0.3) is 0 Å². The quantitative estimate of drug-likeness (QED) is 0.781. The first kappa shape index (κ1) is 19.6. The Balaban J connectivity index is 1.43. The van der Waals surface area contributed by atoms with Crippen LogP contribution in [0.5, 0.6) is 11.6 Å². The van der Waals surface area contributed by atoms with Crippen molar-refractivity contribution in [1.29, 1.82) is 0 Å². The third-order valence-corrected chi connectivity index (χ3v) is 5.92. The first-order chi connectivity index (χ1) is 14.0. The van der Waals surface area contributed by atoms with Crippen molar-refractivity contribution in [3.8, 4) is 11.6 Å². The molecular formula is C22H27FN4O2. The zero-order valence-electron chi connectivity index (χ0n) is 17.0. The monoisotopic (exact) mass is 398 g/mol. The molecule has 1 aliphatic heterocycles. The SMILES string of the molecule is Cc1cc(F)ccc1Oc1cc(N2CCN(C(=O)C3CCCC3)[C@@H](C)C2)ncn1. The number of aromatic nitrogens is 2. The van der Waals surface area contributed by atoms with Crippen LogP contribution in [0.1, 0.15) is 38.2 Å². The smallest absolute Gasteiger partial charge is 0.226 e. The molecule has 6 nitrogen and oxygen atoms in total. The summed E-state index contributed by atoms with van der Waals surface area (Å²) in [4.78, 5) is 25.6. The van der Waals surface area contributed by atoms with E-state index in [0.29, 0.717) is 29.6 Å². The molecule has 2 aromatic rings. The van der Waals surface area contributed by atoms with Gasteiger partial charge in [-0.1, -0.05) is 12.8 Å². The lowest BCUT2D eigenvalue weighted by Crippen LogP contribution is -2.55. The van der Waals surface area contributed by atoms with Crippen molar-refractivity contribution in [3.63, 3.8) is 0 Å². The number of amides is 1. The average Bonchev–Trinajstić information content (AvgIpc) is 3.25. The van der Waals surface area contributed by atoms with Crippen molar-refractivity contribution in [2.75, 3.05) is 24.5 Å². The second-order valence-corrected chi connectivity index (χ2v) is 8.03. The van der Waals surface area contributed by atoms with Gasteiger partial charge in [-0.25, -0.2) is 14.4 Å². The summed E-state index contributed by atoms with van der Waals surface area (Å²) < 4.78 is 19.1. The van der Waals surface area contributed by atoms with E-state index < -0.39 is 0 Å². The zero-order valence-corrected chi connectivity index (χ0v) is 17.0. The Bertz CT molecular complexity index is 885. The molecule has 1 saturated carbocycles.